The fourth-order valence-electron chi connectivity index (χ4n) is 1.77. The molecule has 4 nitrogen and oxygen atoms in total. The van der Waals surface area contributed by atoms with Crippen molar-refractivity contribution in [3.05, 3.63) is 16.3 Å². The quantitative estimate of drug-likeness (QED) is 0.747. The first-order chi connectivity index (χ1) is 8.57. The highest BCUT2D eigenvalue weighted by Crippen LogP contribution is 2.25. The van der Waals surface area contributed by atoms with E-state index in [4.69, 9.17) is 0 Å². The van der Waals surface area contributed by atoms with Crippen molar-refractivity contribution in [2.24, 2.45) is 0 Å². The second kappa shape index (κ2) is 7.23. The summed E-state index contributed by atoms with van der Waals surface area (Å²) in [4.78, 5) is 1.36. The van der Waals surface area contributed by atoms with Crippen LogP contribution in [-0.2, 0) is 16.6 Å². The van der Waals surface area contributed by atoms with Crippen LogP contribution in [0.1, 0.15) is 32.1 Å². The number of hydrogen-bond acceptors (Lipinski definition) is 4. The molecule has 1 rings (SSSR count). The van der Waals surface area contributed by atoms with Gasteiger partial charge < -0.3 is 5.32 Å². The van der Waals surface area contributed by atoms with Crippen molar-refractivity contribution in [3.63, 3.8) is 0 Å². The fraction of sp³-hybridized carbons (Fsp3) is 0.667. The number of nitrogens with one attached hydrogen (secondary N) is 1. The summed E-state index contributed by atoms with van der Waals surface area (Å²) in [6.45, 7) is 8.37. The van der Waals surface area contributed by atoms with Crippen LogP contribution >= 0.6 is 11.3 Å². The predicted molar refractivity (Wildman–Crippen MR) is 76.4 cm³/mol. The van der Waals surface area contributed by atoms with E-state index in [-0.39, 0.29) is 0 Å². The molecular weight excluding hydrogens is 268 g/mol. The molecule has 0 aliphatic rings. The van der Waals surface area contributed by atoms with Crippen LogP contribution in [0.25, 0.3) is 0 Å². The molecule has 1 N–H and O–H groups in total. The largest absolute Gasteiger partial charge is 0.312 e. The summed E-state index contributed by atoms with van der Waals surface area (Å²) in [5.41, 5.74) is 0. The minimum Gasteiger partial charge on any atom is -0.312 e. The highest BCUT2D eigenvalue weighted by atomic mass is 32.2. The maximum absolute atomic E-state index is 12.4. The third-order valence-electron chi connectivity index (χ3n) is 2.74. The first-order valence-corrected chi connectivity index (χ1v) is 8.67. The molecule has 0 aliphatic carbocycles. The van der Waals surface area contributed by atoms with E-state index in [9.17, 15) is 8.42 Å². The van der Waals surface area contributed by atoms with Gasteiger partial charge in [-0.3, -0.25) is 0 Å². The molecule has 0 atom stereocenters. The van der Waals surface area contributed by atoms with Crippen LogP contribution in [0.2, 0.25) is 0 Å². The van der Waals surface area contributed by atoms with Gasteiger partial charge >= 0.3 is 0 Å². The lowest BCUT2D eigenvalue weighted by Crippen LogP contribution is -2.31. The van der Waals surface area contributed by atoms with Crippen molar-refractivity contribution in [2.45, 2.75) is 38.6 Å². The Bertz CT molecular complexity index is 450. The van der Waals surface area contributed by atoms with Gasteiger partial charge in [-0.25, -0.2) is 8.42 Å². The molecule has 1 aromatic rings. The SMILES string of the molecule is CCCNCc1sccc1S(=O)(=O)N(CC)CC. The molecule has 6 heteroatoms. The molecule has 0 fully saturated rings. The topological polar surface area (TPSA) is 49.4 Å². The summed E-state index contributed by atoms with van der Waals surface area (Å²) < 4.78 is 26.3. The summed E-state index contributed by atoms with van der Waals surface area (Å²) in [6.07, 6.45) is 1.05. The summed E-state index contributed by atoms with van der Waals surface area (Å²) in [5, 5.41) is 5.10. The van der Waals surface area contributed by atoms with E-state index in [1.54, 1.807) is 6.07 Å². The van der Waals surface area contributed by atoms with Crippen molar-refractivity contribution in [2.75, 3.05) is 19.6 Å². The Labute approximate surface area is 114 Å². The summed E-state index contributed by atoms with van der Waals surface area (Å²) in [5.74, 6) is 0. The second-order valence-electron chi connectivity index (χ2n) is 3.97. The minimum absolute atomic E-state index is 0.458. The maximum Gasteiger partial charge on any atom is 0.244 e. The first-order valence-electron chi connectivity index (χ1n) is 6.35. The Morgan fingerprint density at radius 2 is 1.94 bits per heavy atom. The third kappa shape index (κ3) is 3.54. The van der Waals surface area contributed by atoms with E-state index in [2.05, 4.69) is 12.2 Å². The molecule has 0 amide bonds. The second-order valence-corrected chi connectivity index (χ2v) is 6.88. The average Bonchev–Trinajstić information content (AvgIpc) is 2.79. The van der Waals surface area contributed by atoms with Crippen LogP contribution in [0, 0.1) is 0 Å². The van der Waals surface area contributed by atoms with E-state index in [1.165, 1.54) is 15.6 Å². The fourth-order valence-corrected chi connectivity index (χ4v) is 4.61. The molecule has 0 saturated heterocycles. The van der Waals surface area contributed by atoms with Gasteiger partial charge in [0.1, 0.15) is 0 Å². The van der Waals surface area contributed by atoms with Crippen LogP contribution in [0.4, 0.5) is 0 Å². The molecule has 18 heavy (non-hydrogen) atoms. The molecule has 1 heterocycles. The molecule has 0 saturated carbocycles. The molecule has 0 radical (unpaired) electrons. The highest BCUT2D eigenvalue weighted by Gasteiger charge is 2.25. The van der Waals surface area contributed by atoms with Crippen molar-refractivity contribution >= 4 is 21.4 Å². The van der Waals surface area contributed by atoms with E-state index < -0.39 is 10.0 Å². The summed E-state index contributed by atoms with van der Waals surface area (Å²) >= 11 is 1.50. The first kappa shape index (κ1) is 15.6. The number of nitrogens with zero attached hydrogens (tertiary/aromatic N) is 1. The molecule has 1 aromatic heterocycles. The Morgan fingerprint density at radius 3 is 2.50 bits per heavy atom. The highest BCUT2D eigenvalue weighted by molar-refractivity contribution is 7.89. The van der Waals surface area contributed by atoms with E-state index in [0.29, 0.717) is 24.5 Å². The molecule has 104 valence electrons. The van der Waals surface area contributed by atoms with Crippen LogP contribution in [0.3, 0.4) is 0 Å². The van der Waals surface area contributed by atoms with Gasteiger partial charge in [-0.05, 0) is 24.4 Å². The standard InChI is InChI=1S/C12H22N2O2S2/c1-4-8-13-10-11-12(7-9-17-11)18(15,16)14(5-2)6-3/h7,9,13H,4-6,8,10H2,1-3H3. The van der Waals surface area contributed by atoms with Crippen molar-refractivity contribution in [1.29, 1.82) is 0 Å². The molecule has 0 unspecified atom stereocenters. The number of thiophene rings is 1. The summed E-state index contributed by atoms with van der Waals surface area (Å²) in [6, 6.07) is 1.71. The molecule has 0 spiro atoms. The lowest BCUT2D eigenvalue weighted by molar-refractivity contribution is 0.444. The Morgan fingerprint density at radius 1 is 1.28 bits per heavy atom. The minimum atomic E-state index is -3.32. The van der Waals surface area contributed by atoms with Gasteiger partial charge in [0.2, 0.25) is 10.0 Å². The summed E-state index contributed by atoms with van der Waals surface area (Å²) in [7, 11) is -3.32. The Hall–Kier alpha value is -0.430. The number of rotatable bonds is 8. The van der Waals surface area contributed by atoms with Crippen LogP contribution in [0.5, 0.6) is 0 Å². The smallest absolute Gasteiger partial charge is 0.244 e. The Balaban J connectivity index is 2.92. The molecule has 0 aromatic carbocycles. The van der Waals surface area contributed by atoms with Crippen LogP contribution in [-0.4, -0.2) is 32.4 Å². The van der Waals surface area contributed by atoms with Gasteiger partial charge in [0, 0.05) is 24.5 Å². The Kier molecular flexibility index (Phi) is 6.28. The van der Waals surface area contributed by atoms with E-state index in [0.717, 1.165) is 17.8 Å². The third-order valence-corrected chi connectivity index (χ3v) is 5.92. The zero-order valence-corrected chi connectivity index (χ0v) is 12.9. The van der Waals surface area contributed by atoms with Crippen LogP contribution in [0.15, 0.2) is 16.3 Å². The molecule has 0 aliphatic heterocycles. The maximum atomic E-state index is 12.4. The lowest BCUT2D eigenvalue weighted by atomic mass is 10.4. The monoisotopic (exact) mass is 290 g/mol. The van der Waals surface area contributed by atoms with Crippen molar-refractivity contribution in [1.82, 2.24) is 9.62 Å². The van der Waals surface area contributed by atoms with E-state index in [1.807, 2.05) is 19.2 Å². The average molecular weight is 290 g/mol. The van der Waals surface area contributed by atoms with Gasteiger partial charge in [0.15, 0.2) is 0 Å². The van der Waals surface area contributed by atoms with Gasteiger partial charge in [-0.15, -0.1) is 11.3 Å². The van der Waals surface area contributed by atoms with Crippen LogP contribution < -0.4 is 5.32 Å². The number of hydrogen-bond donors (Lipinski definition) is 1. The molecular formula is C12H22N2O2S2. The number of sulfonamides is 1. The zero-order chi connectivity index (χ0) is 13.6. The zero-order valence-electron chi connectivity index (χ0n) is 11.3. The van der Waals surface area contributed by atoms with Gasteiger partial charge in [0.25, 0.3) is 0 Å². The molecule has 0 bridgehead atoms. The van der Waals surface area contributed by atoms with Gasteiger partial charge in [-0.2, -0.15) is 4.31 Å². The van der Waals surface area contributed by atoms with E-state index >= 15 is 0 Å². The van der Waals surface area contributed by atoms with Gasteiger partial charge in [0.05, 0.1) is 4.90 Å². The van der Waals surface area contributed by atoms with Crippen molar-refractivity contribution in [3.8, 4) is 0 Å². The predicted octanol–water partition coefficient (Wildman–Crippen LogP) is 2.28. The van der Waals surface area contributed by atoms with Crippen molar-refractivity contribution < 1.29 is 8.42 Å². The normalized spacial score (nSPS) is 12.2. The van der Waals surface area contributed by atoms with Gasteiger partial charge in [-0.1, -0.05) is 20.8 Å². The lowest BCUT2D eigenvalue weighted by Gasteiger charge is -2.18.